The van der Waals surface area contributed by atoms with E-state index in [0.717, 1.165) is 4.31 Å². The number of nitrogens with one attached hydrogen (secondary N) is 4. The number of fused-ring (bicyclic) bond motifs is 2. The summed E-state index contributed by atoms with van der Waals surface area (Å²) in [5.41, 5.74) is 1.16. The van der Waals surface area contributed by atoms with Gasteiger partial charge in [0, 0.05) is 72.5 Å². The first kappa shape index (κ1) is 66.1. The molecule has 0 bridgehead atoms. The van der Waals surface area contributed by atoms with Gasteiger partial charge in [-0.25, -0.2) is 29.1 Å². The van der Waals surface area contributed by atoms with Gasteiger partial charge in [0.15, 0.2) is 11.4 Å². The summed E-state index contributed by atoms with van der Waals surface area (Å²) in [6, 6.07) is 16.5. The minimum atomic E-state index is -3.94. The van der Waals surface area contributed by atoms with E-state index in [0.29, 0.717) is 62.4 Å². The smallest absolute Gasteiger partial charge is 0.870 e. The number of carboxylic acids is 1. The van der Waals surface area contributed by atoms with Crippen LogP contribution in [0.15, 0.2) is 73.1 Å². The second-order valence-electron chi connectivity index (χ2n) is 18.9. The Morgan fingerprint density at radius 1 is 0.667 bits per heavy atom. The molecule has 2 saturated heterocycles. The van der Waals surface area contributed by atoms with Gasteiger partial charge in [0.2, 0.25) is 0 Å². The molecular weight excluding hydrogens is 1090 g/mol. The van der Waals surface area contributed by atoms with Gasteiger partial charge in [-0.3, -0.25) is 19.2 Å². The molecule has 0 atom stereocenters. The summed E-state index contributed by atoms with van der Waals surface area (Å²) in [4.78, 5) is 58.5. The minimum Gasteiger partial charge on any atom is -0.870 e. The van der Waals surface area contributed by atoms with Crippen LogP contribution < -0.4 is 47.5 Å². The molecule has 2 amide bonds. The van der Waals surface area contributed by atoms with Crippen LogP contribution in [0, 0.1) is 0 Å². The topological polar surface area (TPSA) is 305 Å². The summed E-state index contributed by atoms with van der Waals surface area (Å²) in [6.45, 7) is 13.4. The second kappa shape index (κ2) is 26.7. The quantitative estimate of drug-likeness (QED) is 0.0545. The van der Waals surface area contributed by atoms with Gasteiger partial charge in [0.05, 0.1) is 29.0 Å². The van der Waals surface area contributed by atoms with Gasteiger partial charge in [-0.1, -0.05) is 38.1 Å². The van der Waals surface area contributed by atoms with Crippen molar-refractivity contribution in [3.63, 3.8) is 0 Å². The molecule has 0 spiro atoms. The molecule has 2 aliphatic rings. The summed E-state index contributed by atoms with van der Waals surface area (Å²) in [5, 5.41) is 17.0. The Bertz CT molecular complexity index is 3380. The van der Waals surface area contributed by atoms with E-state index < -0.39 is 55.7 Å². The molecule has 2 fully saturated rings. The van der Waals surface area contributed by atoms with Gasteiger partial charge in [0.25, 0.3) is 0 Å². The zero-order valence-corrected chi connectivity index (χ0v) is 46.1. The van der Waals surface area contributed by atoms with Crippen LogP contribution in [-0.4, -0.2) is 115 Å². The first-order chi connectivity index (χ1) is 34.7. The van der Waals surface area contributed by atoms with Crippen LogP contribution in [0.4, 0.5) is 32.6 Å². The summed E-state index contributed by atoms with van der Waals surface area (Å²) < 4.78 is 78.1. The third-order valence-corrected chi connectivity index (χ3v) is 14.5. The van der Waals surface area contributed by atoms with Crippen molar-refractivity contribution in [3.8, 4) is 0 Å². The van der Waals surface area contributed by atoms with Crippen molar-refractivity contribution in [1.82, 2.24) is 28.5 Å². The molecule has 8 rings (SSSR count). The largest absolute Gasteiger partial charge is 1.00 e. The standard InChI is InChI=1S/C25H30ClN5O6S.C23H26ClN5O6S.2CH4.Li.H2O/c1-5-36-23(32)22-21(31-12-6-10-28-38(31,34)35)18-14-17(26)7-8-19(18)30(22)15-16-9-11-27-20(13-16)29-24(33)37-25(2,3)4;1-23(2,3)35-22(32)27-18-11-14(7-9-25-18)13-28-17-6-5-15(24)12-16(17)19(20(28)21(30)31)29-10-4-8-26-36(29,33)34;;;;/h7-9,11,13-14,28H,5-6,10,12,15H2,1-4H3,(H,27,29,33);5-7,9,11-12,26H,4,8,10,13H2,1-3H3,(H,30,31)(H,25,27,32);2*1H4;;1H2/q;;;;+1;/p-1. The van der Waals surface area contributed by atoms with E-state index in [9.17, 15) is 41.1 Å². The molecule has 6 aromatic rings. The average Bonchev–Trinajstić information content (AvgIpc) is 3.76. The van der Waals surface area contributed by atoms with Crippen LogP contribution in [0.1, 0.15) is 108 Å². The Hall–Kier alpha value is -6.14. The Morgan fingerprint density at radius 3 is 1.44 bits per heavy atom. The van der Waals surface area contributed by atoms with Crippen LogP contribution in [-0.2, 0) is 47.7 Å². The zero-order chi connectivity index (χ0) is 53.9. The predicted molar refractivity (Wildman–Crippen MR) is 296 cm³/mol. The number of benzene rings is 2. The first-order valence-electron chi connectivity index (χ1n) is 23.2. The number of amides is 2. The maximum atomic E-state index is 13.3. The molecule has 23 nitrogen and oxygen atoms in total. The maximum Gasteiger partial charge on any atom is 1.00 e. The molecule has 2 aliphatic heterocycles. The van der Waals surface area contributed by atoms with Gasteiger partial charge < -0.3 is 33.9 Å². The van der Waals surface area contributed by atoms with E-state index in [1.807, 2.05) is 0 Å². The molecule has 4 aromatic heterocycles. The molecule has 78 heavy (non-hydrogen) atoms. The van der Waals surface area contributed by atoms with Gasteiger partial charge in [-0.2, -0.15) is 26.3 Å². The third kappa shape index (κ3) is 15.8. The fourth-order valence-electron chi connectivity index (χ4n) is 8.25. The average molecular weight is 1160 g/mol. The monoisotopic (exact) mass is 1150 g/mol. The van der Waals surface area contributed by atoms with Crippen LogP contribution in [0.25, 0.3) is 21.8 Å². The molecule has 0 saturated carbocycles. The molecule has 0 aliphatic carbocycles. The van der Waals surface area contributed by atoms with E-state index in [4.69, 9.17) is 37.4 Å². The zero-order valence-electron chi connectivity index (χ0n) is 42.9. The van der Waals surface area contributed by atoms with E-state index in [1.54, 1.807) is 114 Å². The molecule has 2 aromatic carbocycles. The SMILES string of the molecule is C.C.CC(C)(C)OC(=O)Nc1cc(Cn2c(C(=O)O)c(N3CCCNS3(=O)=O)c3cc(Cl)ccc32)ccn1.CCOC(=O)c1c(N2CCCNS2(=O)=O)c2cc(Cl)ccc2n1Cc1ccnc(NC(=O)OC(C)(C)C)c1.[Li+].[OH-]. The molecule has 28 heteroatoms. The minimum absolute atomic E-state index is 0. The van der Waals surface area contributed by atoms with Crippen molar-refractivity contribution in [2.75, 3.05) is 52.0 Å². The number of ether oxygens (including phenoxy) is 3. The van der Waals surface area contributed by atoms with Crippen LogP contribution >= 0.6 is 23.2 Å². The van der Waals surface area contributed by atoms with E-state index in [2.05, 4.69) is 30.0 Å². The van der Waals surface area contributed by atoms with Crippen molar-refractivity contribution >= 4 is 113 Å². The Morgan fingerprint density at radius 2 is 1.06 bits per heavy atom. The Balaban J connectivity index is 0.000000391. The number of hydrogen-bond acceptors (Lipinski definition) is 14. The van der Waals surface area contributed by atoms with Crippen molar-refractivity contribution in [3.05, 3.63) is 106 Å². The molecule has 0 radical (unpaired) electrons. The number of hydrogen-bond donors (Lipinski definition) is 5. The molecule has 0 unspecified atom stereocenters. The number of carbonyl (C=O) groups is 4. The van der Waals surface area contributed by atoms with Crippen molar-refractivity contribution in [1.29, 1.82) is 0 Å². The summed E-state index contributed by atoms with van der Waals surface area (Å²) >= 11 is 12.5. The van der Waals surface area contributed by atoms with Crippen LogP contribution in [0.2, 0.25) is 10.0 Å². The van der Waals surface area contributed by atoms with E-state index in [1.165, 1.54) is 21.3 Å². The number of halogens is 2. The van der Waals surface area contributed by atoms with Crippen molar-refractivity contribution < 1.29 is 79.7 Å². The van der Waals surface area contributed by atoms with Crippen molar-refractivity contribution in [2.24, 2.45) is 0 Å². The molecule has 6 heterocycles. The maximum absolute atomic E-state index is 13.3. The van der Waals surface area contributed by atoms with Crippen molar-refractivity contribution in [2.45, 2.75) is 100 Å². The van der Waals surface area contributed by atoms with E-state index >= 15 is 0 Å². The van der Waals surface area contributed by atoms with Gasteiger partial charge in [-0.05, 0) is 133 Å². The van der Waals surface area contributed by atoms with Gasteiger partial charge >= 0.3 is 63.4 Å². The fraction of sp³-hybridized carbons (Fsp3) is 0.400. The molecular formula is C50H65Cl2LiN10O13S2. The van der Waals surface area contributed by atoms with Gasteiger partial charge in [-0.15, -0.1) is 0 Å². The second-order valence-corrected chi connectivity index (χ2v) is 23.1. The number of anilines is 4. The molecule has 420 valence electrons. The number of nitrogens with zero attached hydrogens (tertiary/aromatic N) is 6. The van der Waals surface area contributed by atoms with Crippen LogP contribution in [0.5, 0.6) is 0 Å². The fourth-order valence-corrected chi connectivity index (χ4v) is 11.3. The number of esters is 1. The molecule has 6 N–H and O–H groups in total. The number of aromatic carboxylic acids is 1. The van der Waals surface area contributed by atoms with Crippen LogP contribution in [0.3, 0.4) is 0 Å². The summed E-state index contributed by atoms with van der Waals surface area (Å²) in [7, 11) is -7.84. The Labute approximate surface area is 476 Å². The number of pyridine rings is 2. The number of aromatic nitrogens is 4. The van der Waals surface area contributed by atoms with E-state index in [-0.39, 0.29) is 113 Å². The number of carbonyl (C=O) groups excluding carboxylic acids is 3. The Kier molecular flexibility index (Phi) is 22.6. The third-order valence-electron chi connectivity index (χ3n) is 11.0. The number of carboxylic acid groups (broad SMARTS) is 1. The normalized spacial score (nSPS) is 14.7. The predicted octanol–water partition coefficient (Wildman–Crippen LogP) is 6.23. The number of rotatable bonds is 11. The first-order valence-corrected chi connectivity index (χ1v) is 26.9. The summed E-state index contributed by atoms with van der Waals surface area (Å²) in [5.74, 6) is -1.48. The summed E-state index contributed by atoms with van der Waals surface area (Å²) in [6.07, 6.45) is 2.73. The van der Waals surface area contributed by atoms with Gasteiger partial charge in [0.1, 0.15) is 22.8 Å².